The molecule has 1 aliphatic rings. The third-order valence-corrected chi connectivity index (χ3v) is 3.42. The van der Waals surface area contributed by atoms with Gasteiger partial charge in [-0.2, -0.15) is 0 Å². The quantitative estimate of drug-likeness (QED) is 0.435. The molecule has 1 saturated heterocycles. The maximum Gasteiger partial charge on any atom is 0.415 e. The molecule has 1 aromatic rings. The third kappa shape index (κ3) is 5.98. The summed E-state index contributed by atoms with van der Waals surface area (Å²) in [6, 6.07) is 8.92. The van der Waals surface area contributed by atoms with Gasteiger partial charge in [0.25, 0.3) is 0 Å². The standard InChI is InChI=1S/C16H20N2O5/c19-14-13(18-16(21)23-14)9-5-2-6-10-17-15(20)22-11-12-7-3-1-4-8-12/h1,3-4,7-8,13H,2,5-6,9-11H2,(H,17,20)(H,18,21)/t13-/m0/s1. The molecule has 0 bridgehead atoms. The number of alkyl carbamates (subject to hydrolysis) is 2. The van der Waals surface area contributed by atoms with Crippen molar-refractivity contribution in [1.82, 2.24) is 10.6 Å². The second kappa shape index (κ2) is 8.77. The maximum absolute atomic E-state index is 11.5. The fourth-order valence-electron chi connectivity index (χ4n) is 2.20. The molecule has 7 heteroatoms. The van der Waals surface area contributed by atoms with Gasteiger partial charge in [0.2, 0.25) is 0 Å². The van der Waals surface area contributed by atoms with Crippen LogP contribution < -0.4 is 10.6 Å². The monoisotopic (exact) mass is 320 g/mol. The molecule has 7 nitrogen and oxygen atoms in total. The Morgan fingerprint density at radius 2 is 1.96 bits per heavy atom. The van der Waals surface area contributed by atoms with Gasteiger partial charge in [0.05, 0.1) is 0 Å². The highest BCUT2D eigenvalue weighted by atomic mass is 16.6. The van der Waals surface area contributed by atoms with E-state index in [0.717, 1.165) is 24.8 Å². The Kier molecular flexibility index (Phi) is 6.40. The molecule has 1 aromatic carbocycles. The number of ether oxygens (including phenoxy) is 2. The van der Waals surface area contributed by atoms with Gasteiger partial charge in [0.15, 0.2) is 0 Å². The van der Waals surface area contributed by atoms with Crippen LogP contribution in [0.3, 0.4) is 0 Å². The number of rotatable bonds is 8. The zero-order valence-electron chi connectivity index (χ0n) is 12.7. The van der Waals surface area contributed by atoms with Crippen LogP contribution in [0.15, 0.2) is 30.3 Å². The van der Waals surface area contributed by atoms with Gasteiger partial charge >= 0.3 is 18.2 Å². The summed E-state index contributed by atoms with van der Waals surface area (Å²) in [6.07, 6.45) is 1.79. The van der Waals surface area contributed by atoms with Crippen LogP contribution in [0.25, 0.3) is 0 Å². The Bertz CT molecular complexity index is 547. The van der Waals surface area contributed by atoms with E-state index in [4.69, 9.17) is 4.74 Å². The van der Waals surface area contributed by atoms with Gasteiger partial charge in [0, 0.05) is 6.54 Å². The van der Waals surface area contributed by atoms with E-state index in [2.05, 4.69) is 15.4 Å². The zero-order chi connectivity index (χ0) is 16.5. The lowest BCUT2D eigenvalue weighted by molar-refractivity contribution is -0.135. The third-order valence-electron chi connectivity index (χ3n) is 3.42. The summed E-state index contributed by atoms with van der Waals surface area (Å²) in [5, 5.41) is 5.12. The number of carbonyl (C=O) groups is 3. The van der Waals surface area contributed by atoms with E-state index in [1.54, 1.807) is 0 Å². The van der Waals surface area contributed by atoms with Crippen LogP contribution >= 0.6 is 0 Å². The number of hydrogen-bond acceptors (Lipinski definition) is 5. The van der Waals surface area contributed by atoms with Crippen LogP contribution in [0.5, 0.6) is 0 Å². The number of unbranched alkanes of at least 4 members (excludes halogenated alkanes) is 2. The minimum atomic E-state index is -0.678. The van der Waals surface area contributed by atoms with E-state index in [1.807, 2.05) is 30.3 Å². The van der Waals surface area contributed by atoms with Crippen molar-refractivity contribution >= 4 is 18.2 Å². The Labute approximate surface area is 134 Å². The predicted octanol–water partition coefficient (Wildman–Crippen LogP) is 2.11. The van der Waals surface area contributed by atoms with Crippen molar-refractivity contribution in [2.24, 2.45) is 0 Å². The number of nitrogens with one attached hydrogen (secondary N) is 2. The molecule has 1 aliphatic heterocycles. The smallest absolute Gasteiger partial charge is 0.415 e. The van der Waals surface area contributed by atoms with E-state index in [1.165, 1.54) is 0 Å². The molecule has 1 atom stereocenters. The van der Waals surface area contributed by atoms with E-state index in [-0.39, 0.29) is 6.61 Å². The summed E-state index contributed by atoms with van der Waals surface area (Å²) in [5.74, 6) is -0.516. The number of hydrogen-bond donors (Lipinski definition) is 2. The number of carbonyl (C=O) groups excluding carboxylic acids is 3. The van der Waals surface area contributed by atoms with Gasteiger partial charge in [-0.15, -0.1) is 0 Å². The lowest BCUT2D eigenvalue weighted by Crippen LogP contribution is -2.28. The van der Waals surface area contributed by atoms with Crippen LogP contribution in [-0.2, 0) is 20.9 Å². The van der Waals surface area contributed by atoms with E-state index in [9.17, 15) is 14.4 Å². The summed E-state index contributed by atoms with van der Waals surface area (Å²) in [5.41, 5.74) is 0.938. The van der Waals surface area contributed by atoms with Crippen LogP contribution in [0, 0.1) is 0 Å². The van der Waals surface area contributed by atoms with Gasteiger partial charge < -0.3 is 20.1 Å². The molecule has 0 aromatic heterocycles. The van der Waals surface area contributed by atoms with Crippen molar-refractivity contribution in [3.63, 3.8) is 0 Å². The molecular formula is C16H20N2O5. The van der Waals surface area contributed by atoms with Crippen LogP contribution in [-0.4, -0.2) is 30.7 Å². The van der Waals surface area contributed by atoms with E-state index < -0.39 is 24.2 Å². The molecule has 124 valence electrons. The first kappa shape index (κ1) is 16.8. The molecule has 2 N–H and O–H groups in total. The van der Waals surface area contributed by atoms with Crippen LogP contribution in [0.1, 0.15) is 31.2 Å². The highest BCUT2D eigenvalue weighted by Gasteiger charge is 2.31. The Morgan fingerprint density at radius 1 is 1.17 bits per heavy atom. The second-order valence-electron chi connectivity index (χ2n) is 5.24. The fraction of sp³-hybridized carbons (Fsp3) is 0.438. The van der Waals surface area contributed by atoms with E-state index >= 15 is 0 Å². The van der Waals surface area contributed by atoms with Crippen molar-refractivity contribution in [2.75, 3.05) is 6.54 Å². The lowest BCUT2D eigenvalue weighted by atomic mass is 10.1. The predicted molar refractivity (Wildman–Crippen MR) is 81.5 cm³/mol. The molecule has 2 rings (SSSR count). The van der Waals surface area contributed by atoms with Gasteiger partial charge in [0.1, 0.15) is 12.6 Å². The molecule has 0 spiro atoms. The molecule has 0 radical (unpaired) electrons. The van der Waals surface area contributed by atoms with E-state index in [0.29, 0.717) is 13.0 Å². The van der Waals surface area contributed by atoms with Gasteiger partial charge in [-0.1, -0.05) is 43.2 Å². The molecule has 0 unspecified atom stereocenters. The topological polar surface area (TPSA) is 93.7 Å². The molecular weight excluding hydrogens is 300 g/mol. The minimum absolute atomic E-state index is 0.246. The maximum atomic E-state index is 11.5. The fourth-order valence-corrected chi connectivity index (χ4v) is 2.20. The highest BCUT2D eigenvalue weighted by Crippen LogP contribution is 2.09. The van der Waals surface area contributed by atoms with Gasteiger partial charge in [-0.25, -0.2) is 14.4 Å². The Balaban J connectivity index is 1.48. The largest absolute Gasteiger partial charge is 0.445 e. The average Bonchev–Trinajstić information content (AvgIpc) is 2.87. The summed E-state index contributed by atoms with van der Waals surface area (Å²) in [7, 11) is 0. The molecule has 2 amide bonds. The van der Waals surface area contributed by atoms with Crippen molar-refractivity contribution < 1.29 is 23.9 Å². The first-order valence-corrected chi connectivity index (χ1v) is 7.62. The minimum Gasteiger partial charge on any atom is -0.445 e. The van der Waals surface area contributed by atoms with Crippen LogP contribution in [0.4, 0.5) is 9.59 Å². The lowest BCUT2D eigenvalue weighted by Gasteiger charge is -2.08. The number of cyclic esters (lactones) is 2. The van der Waals surface area contributed by atoms with Crippen molar-refractivity contribution in [2.45, 2.75) is 38.3 Å². The second-order valence-corrected chi connectivity index (χ2v) is 5.24. The molecule has 1 fully saturated rings. The van der Waals surface area contributed by atoms with Gasteiger partial charge in [-0.05, 0) is 18.4 Å². The SMILES string of the molecule is O=C(NCCCCC[C@@H]1NC(=O)OC1=O)OCc1ccccc1. The Morgan fingerprint density at radius 3 is 2.65 bits per heavy atom. The number of benzene rings is 1. The van der Waals surface area contributed by atoms with Crippen LogP contribution in [0.2, 0.25) is 0 Å². The number of amides is 2. The molecule has 1 heterocycles. The summed E-state index contributed by atoms with van der Waals surface area (Å²) < 4.78 is 9.47. The first-order chi connectivity index (χ1) is 11.1. The first-order valence-electron chi connectivity index (χ1n) is 7.62. The molecule has 0 saturated carbocycles. The Hall–Kier alpha value is -2.57. The summed E-state index contributed by atoms with van der Waals surface area (Å²) in [6.45, 7) is 0.755. The van der Waals surface area contributed by atoms with Gasteiger partial charge in [-0.3, -0.25) is 0 Å². The molecule has 0 aliphatic carbocycles. The normalized spacial score (nSPS) is 16.6. The van der Waals surface area contributed by atoms with Crippen molar-refractivity contribution in [3.05, 3.63) is 35.9 Å². The van der Waals surface area contributed by atoms with Crippen molar-refractivity contribution in [1.29, 1.82) is 0 Å². The summed E-state index contributed by atoms with van der Waals surface area (Å²) in [4.78, 5) is 33.5. The zero-order valence-corrected chi connectivity index (χ0v) is 12.7. The number of esters is 1. The summed E-state index contributed by atoms with van der Waals surface area (Å²) >= 11 is 0. The highest BCUT2D eigenvalue weighted by molar-refractivity contribution is 5.95. The molecule has 23 heavy (non-hydrogen) atoms. The van der Waals surface area contributed by atoms with Crippen molar-refractivity contribution in [3.8, 4) is 0 Å². The average molecular weight is 320 g/mol.